The van der Waals surface area contributed by atoms with Gasteiger partial charge in [-0.3, -0.25) is 0 Å². The van der Waals surface area contributed by atoms with E-state index in [-0.39, 0.29) is 24.3 Å². The van der Waals surface area contributed by atoms with E-state index >= 15 is 0 Å². The van der Waals surface area contributed by atoms with Gasteiger partial charge in [0, 0.05) is 18.9 Å². The van der Waals surface area contributed by atoms with Gasteiger partial charge in [0.25, 0.3) is 0 Å². The molecule has 0 radical (unpaired) electrons. The zero-order chi connectivity index (χ0) is 15.3. The Morgan fingerprint density at radius 3 is 2.33 bits per heavy atom. The molecule has 21 heavy (non-hydrogen) atoms. The van der Waals surface area contributed by atoms with E-state index in [0.29, 0.717) is 0 Å². The average molecular weight is 295 g/mol. The molecule has 1 aromatic carbocycles. The molecule has 1 aliphatic heterocycles. The second kappa shape index (κ2) is 4.75. The SMILES string of the molecule is CC(C)(O)c1ccc([C@H]2CC3(CCN2)CC(F)(F)C3)cc1. The van der Waals surface area contributed by atoms with Crippen LogP contribution in [0.25, 0.3) is 0 Å². The van der Waals surface area contributed by atoms with Gasteiger partial charge in [0.05, 0.1) is 5.60 Å². The predicted molar refractivity (Wildman–Crippen MR) is 78.3 cm³/mol. The molecule has 1 heterocycles. The van der Waals surface area contributed by atoms with Crippen LogP contribution in [0.3, 0.4) is 0 Å². The van der Waals surface area contributed by atoms with Gasteiger partial charge in [0.1, 0.15) is 0 Å². The molecule has 2 fully saturated rings. The van der Waals surface area contributed by atoms with Crippen LogP contribution in [0.15, 0.2) is 24.3 Å². The maximum atomic E-state index is 13.2. The molecule has 1 saturated heterocycles. The second-order valence-electron chi connectivity index (χ2n) is 7.35. The molecule has 2 N–H and O–H groups in total. The molecular formula is C17H23F2NO. The lowest BCUT2D eigenvalue weighted by Gasteiger charge is -2.52. The normalized spacial score (nSPS) is 27.4. The number of rotatable bonds is 2. The van der Waals surface area contributed by atoms with Gasteiger partial charge in [-0.2, -0.15) is 0 Å². The van der Waals surface area contributed by atoms with E-state index in [0.717, 1.165) is 30.5 Å². The molecule has 1 aromatic rings. The molecule has 2 aliphatic rings. The van der Waals surface area contributed by atoms with Gasteiger partial charge in [-0.15, -0.1) is 0 Å². The van der Waals surface area contributed by atoms with Crippen molar-refractivity contribution in [3.63, 3.8) is 0 Å². The molecule has 1 aliphatic carbocycles. The lowest BCUT2D eigenvalue weighted by Crippen LogP contribution is -2.52. The Bertz CT molecular complexity index is 511. The maximum absolute atomic E-state index is 13.2. The molecular weight excluding hydrogens is 272 g/mol. The predicted octanol–water partition coefficient (Wildman–Crippen LogP) is 3.75. The van der Waals surface area contributed by atoms with E-state index in [9.17, 15) is 13.9 Å². The smallest absolute Gasteiger partial charge is 0.249 e. The number of hydrogen-bond donors (Lipinski definition) is 2. The van der Waals surface area contributed by atoms with Crippen LogP contribution in [0.1, 0.15) is 56.7 Å². The summed E-state index contributed by atoms with van der Waals surface area (Å²) in [7, 11) is 0. The van der Waals surface area contributed by atoms with Crippen LogP contribution in [0.5, 0.6) is 0 Å². The number of piperidine rings is 1. The molecule has 1 spiro atoms. The van der Waals surface area contributed by atoms with Gasteiger partial charge >= 0.3 is 0 Å². The first-order valence-electron chi connectivity index (χ1n) is 7.63. The maximum Gasteiger partial charge on any atom is 0.249 e. The average Bonchev–Trinajstić information content (AvgIpc) is 2.36. The van der Waals surface area contributed by atoms with Gasteiger partial charge in [-0.25, -0.2) is 8.78 Å². The minimum Gasteiger partial charge on any atom is -0.386 e. The Morgan fingerprint density at radius 2 is 1.81 bits per heavy atom. The molecule has 0 unspecified atom stereocenters. The van der Waals surface area contributed by atoms with Crippen molar-refractivity contribution in [2.45, 2.75) is 57.1 Å². The van der Waals surface area contributed by atoms with E-state index in [1.807, 2.05) is 24.3 Å². The summed E-state index contributed by atoms with van der Waals surface area (Å²) in [6, 6.07) is 7.99. The minimum absolute atomic E-state index is 0.0416. The van der Waals surface area contributed by atoms with E-state index in [1.54, 1.807) is 13.8 Å². The van der Waals surface area contributed by atoms with Crippen LogP contribution in [-0.2, 0) is 5.60 Å². The molecule has 0 amide bonds. The van der Waals surface area contributed by atoms with Crippen LogP contribution in [0, 0.1) is 5.41 Å². The molecule has 1 saturated carbocycles. The van der Waals surface area contributed by atoms with E-state index in [4.69, 9.17) is 0 Å². The first-order chi connectivity index (χ1) is 9.69. The highest BCUT2D eigenvalue weighted by Crippen LogP contribution is 2.58. The zero-order valence-corrected chi connectivity index (χ0v) is 12.6. The van der Waals surface area contributed by atoms with Crippen molar-refractivity contribution in [2.75, 3.05) is 6.54 Å². The van der Waals surface area contributed by atoms with Crippen molar-refractivity contribution < 1.29 is 13.9 Å². The summed E-state index contributed by atoms with van der Waals surface area (Å²) >= 11 is 0. The fourth-order valence-electron chi connectivity index (χ4n) is 3.84. The summed E-state index contributed by atoms with van der Waals surface area (Å²) in [5.74, 6) is -2.45. The topological polar surface area (TPSA) is 32.3 Å². The summed E-state index contributed by atoms with van der Waals surface area (Å²) in [5, 5.41) is 13.4. The van der Waals surface area contributed by atoms with Crippen molar-refractivity contribution >= 4 is 0 Å². The first kappa shape index (κ1) is 14.9. The molecule has 3 rings (SSSR count). The number of halogens is 2. The van der Waals surface area contributed by atoms with Crippen molar-refractivity contribution in [1.82, 2.24) is 5.32 Å². The van der Waals surface area contributed by atoms with Gasteiger partial charge in [0.15, 0.2) is 0 Å². The molecule has 116 valence electrons. The van der Waals surface area contributed by atoms with Gasteiger partial charge in [0.2, 0.25) is 5.92 Å². The summed E-state index contributed by atoms with van der Waals surface area (Å²) in [4.78, 5) is 0. The summed E-state index contributed by atoms with van der Waals surface area (Å²) in [6.07, 6.45) is 1.71. The molecule has 0 aromatic heterocycles. The van der Waals surface area contributed by atoms with Crippen LogP contribution < -0.4 is 5.32 Å². The van der Waals surface area contributed by atoms with Crippen molar-refractivity contribution in [3.05, 3.63) is 35.4 Å². The number of hydrogen-bond acceptors (Lipinski definition) is 2. The minimum atomic E-state index is -2.45. The van der Waals surface area contributed by atoms with Crippen LogP contribution in [0.2, 0.25) is 0 Å². The van der Waals surface area contributed by atoms with E-state index in [1.165, 1.54) is 0 Å². The fraction of sp³-hybridized carbons (Fsp3) is 0.647. The molecule has 1 atom stereocenters. The van der Waals surface area contributed by atoms with Crippen LogP contribution in [-0.4, -0.2) is 17.6 Å². The van der Waals surface area contributed by atoms with Gasteiger partial charge < -0.3 is 10.4 Å². The largest absolute Gasteiger partial charge is 0.386 e. The van der Waals surface area contributed by atoms with Crippen molar-refractivity contribution in [3.8, 4) is 0 Å². The highest BCUT2D eigenvalue weighted by molar-refractivity contribution is 5.29. The second-order valence-corrected chi connectivity index (χ2v) is 7.35. The number of alkyl halides is 2. The van der Waals surface area contributed by atoms with Gasteiger partial charge in [-0.1, -0.05) is 24.3 Å². The lowest BCUT2D eigenvalue weighted by molar-refractivity contribution is -0.174. The van der Waals surface area contributed by atoms with E-state index < -0.39 is 11.5 Å². The lowest BCUT2D eigenvalue weighted by atomic mass is 9.59. The Labute approximate surface area is 124 Å². The monoisotopic (exact) mass is 295 g/mol. The third-order valence-corrected chi connectivity index (χ3v) is 4.97. The summed E-state index contributed by atoms with van der Waals surface area (Å²) < 4.78 is 26.5. The first-order valence-corrected chi connectivity index (χ1v) is 7.63. The van der Waals surface area contributed by atoms with Crippen molar-refractivity contribution in [1.29, 1.82) is 0 Å². The standard InChI is InChI=1S/C17H23F2NO/c1-15(2,21)13-5-3-12(4-6-13)14-9-16(7-8-20-14)10-17(18,19)11-16/h3-6,14,20-21H,7-11H2,1-2H3/t14-/m1/s1. The van der Waals surface area contributed by atoms with Crippen LogP contribution >= 0.6 is 0 Å². The van der Waals surface area contributed by atoms with Crippen LogP contribution in [0.4, 0.5) is 8.78 Å². The summed E-state index contributed by atoms with van der Waals surface area (Å²) in [5.41, 5.74) is 0.966. The van der Waals surface area contributed by atoms with E-state index in [2.05, 4.69) is 5.32 Å². The highest BCUT2D eigenvalue weighted by Gasteiger charge is 2.57. The summed E-state index contributed by atoms with van der Waals surface area (Å²) in [6.45, 7) is 4.31. The third kappa shape index (κ3) is 2.97. The third-order valence-electron chi connectivity index (χ3n) is 4.97. The number of aliphatic hydroxyl groups is 1. The highest BCUT2D eigenvalue weighted by atomic mass is 19.3. The Hall–Kier alpha value is -1.00. The Balaban J connectivity index is 1.72. The molecule has 4 heteroatoms. The molecule has 0 bridgehead atoms. The number of nitrogens with one attached hydrogen (secondary N) is 1. The Morgan fingerprint density at radius 1 is 1.19 bits per heavy atom. The molecule has 2 nitrogen and oxygen atoms in total. The zero-order valence-electron chi connectivity index (χ0n) is 12.6. The Kier molecular flexibility index (Phi) is 3.37. The number of benzene rings is 1. The van der Waals surface area contributed by atoms with Gasteiger partial charge in [-0.05, 0) is 49.8 Å². The van der Waals surface area contributed by atoms with Crippen molar-refractivity contribution in [2.24, 2.45) is 5.41 Å². The fourth-order valence-corrected chi connectivity index (χ4v) is 3.84. The quantitative estimate of drug-likeness (QED) is 0.871.